The van der Waals surface area contributed by atoms with Crippen molar-refractivity contribution >= 4 is 5.91 Å². The van der Waals surface area contributed by atoms with E-state index in [-0.39, 0.29) is 24.6 Å². The summed E-state index contributed by atoms with van der Waals surface area (Å²) in [6.45, 7) is 3.57. The summed E-state index contributed by atoms with van der Waals surface area (Å²) in [4.78, 5) is 24.1. The standard InChI is InChI=1S/C15H15N3O3/c1-10-6-11(2)18(15(20)13(10)7-16)9-14(19)17-8-12-4-3-5-21-12/h3-6H,8-9H2,1-2H3,(H,17,19). The number of aromatic nitrogens is 1. The lowest BCUT2D eigenvalue weighted by Gasteiger charge is -2.11. The van der Waals surface area contributed by atoms with Gasteiger partial charge in [-0.3, -0.25) is 9.59 Å². The van der Waals surface area contributed by atoms with Crippen molar-refractivity contribution in [2.75, 3.05) is 0 Å². The van der Waals surface area contributed by atoms with E-state index >= 15 is 0 Å². The van der Waals surface area contributed by atoms with Gasteiger partial charge in [-0.15, -0.1) is 0 Å². The Bertz CT molecular complexity index is 752. The summed E-state index contributed by atoms with van der Waals surface area (Å²) < 4.78 is 6.40. The summed E-state index contributed by atoms with van der Waals surface area (Å²) in [5, 5.41) is 11.7. The smallest absolute Gasteiger partial charge is 0.269 e. The first-order valence-corrected chi connectivity index (χ1v) is 6.43. The molecule has 0 radical (unpaired) electrons. The van der Waals surface area contributed by atoms with E-state index in [0.717, 1.165) is 0 Å². The second-order valence-corrected chi connectivity index (χ2v) is 4.70. The molecule has 2 aromatic rings. The number of carbonyl (C=O) groups is 1. The Balaban J connectivity index is 2.14. The molecule has 1 N–H and O–H groups in total. The number of furan rings is 1. The van der Waals surface area contributed by atoms with Crippen LogP contribution in [0.1, 0.15) is 22.6 Å². The molecular weight excluding hydrogens is 270 g/mol. The van der Waals surface area contributed by atoms with Crippen molar-refractivity contribution in [2.24, 2.45) is 0 Å². The predicted octanol–water partition coefficient (Wildman–Crippen LogP) is 1.25. The zero-order chi connectivity index (χ0) is 15.4. The van der Waals surface area contributed by atoms with Crippen LogP contribution in [-0.4, -0.2) is 10.5 Å². The minimum absolute atomic E-state index is 0.0689. The van der Waals surface area contributed by atoms with Gasteiger partial charge in [0.15, 0.2) is 0 Å². The van der Waals surface area contributed by atoms with Gasteiger partial charge >= 0.3 is 0 Å². The third kappa shape index (κ3) is 3.20. The average molecular weight is 285 g/mol. The van der Waals surface area contributed by atoms with Crippen LogP contribution >= 0.6 is 0 Å². The van der Waals surface area contributed by atoms with Gasteiger partial charge in [0, 0.05) is 5.69 Å². The number of carbonyl (C=O) groups excluding carboxylic acids is 1. The SMILES string of the molecule is Cc1cc(C)n(CC(=O)NCc2ccco2)c(=O)c1C#N. The molecule has 2 rings (SSSR count). The molecule has 0 aromatic carbocycles. The van der Waals surface area contributed by atoms with Gasteiger partial charge in [0.25, 0.3) is 5.56 Å². The first-order valence-electron chi connectivity index (χ1n) is 6.43. The minimum Gasteiger partial charge on any atom is -0.467 e. The highest BCUT2D eigenvalue weighted by molar-refractivity contribution is 5.75. The van der Waals surface area contributed by atoms with Crippen molar-refractivity contribution in [1.82, 2.24) is 9.88 Å². The fraction of sp³-hybridized carbons (Fsp3) is 0.267. The monoisotopic (exact) mass is 285 g/mol. The van der Waals surface area contributed by atoms with Crippen molar-refractivity contribution in [3.05, 3.63) is 57.4 Å². The maximum absolute atomic E-state index is 12.2. The number of hydrogen-bond donors (Lipinski definition) is 1. The summed E-state index contributed by atoms with van der Waals surface area (Å²) >= 11 is 0. The molecule has 0 aliphatic rings. The van der Waals surface area contributed by atoms with E-state index in [1.165, 1.54) is 10.8 Å². The third-order valence-electron chi connectivity index (χ3n) is 3.16. The van der Waals surface area contributed by atoms with Crippen LogP contribution in [0.25, 0.3) is 0 Å². The molecule has 0 saturated carbocycles. The average Bonchev–Trinajstić information content (AvgIpc) is 2.95. The van der Waals surface area contributed by atoms with Crippen LogP contribution in [0.2, 0.25) is 0 Å². The second-order valence-electron chi connectivity index (χ2n) is 4.70. The van der Waals surface area contributed by atoms with E-state index in [1.54, 1.807) is 32.0 Å². The molecule has 0 spiro atoms. The van der Waals surface area contributed by atoms with E-state index in [9.17, 15) is 9.59 Å². The van der Waals surface area contributed by atoms with Gasteiger partial charge in [-0.25, -0.2) is 0 Å². The van der Waals surface area contributed by atoms with Crippen LogP contribution in [-0.2, 0) is 17.9 Å². The Labute approximate surface area is 121 Å². The Morgan fingerprint density at radius 3 is 2.86 bits per heavy atom. The van der Waals surface area contributed by atoms with E-state index in [2.05, 4.69) is 5.32 Å². The Morgan fingerprint density at radius 2 is 2.24 bits per heavy atom. The predicted molar refractivity (Wildman–Crippen MR) is 75.4 cm³/mol. The van der Waals surface area contributed by atoms with E-state index < -0.39 is 5.56 Å². The number of aryl methyl sites for hydroxylation is 2. The number of nitrogens with one attached hydrogen (secondary N) is 1. The van der Waals surface area contributed by atoms with Crippen LogP contribution in [0.15, 0.2) is 33.7 Å². The van der Waals surface area contributed by atoms with Crippen LogP contribution in [0.4, 0.5) is 0 Å². The van der Waals surface area contributed by atoms with Gasteiger partial charge in [0.2, 0.25) is 5.91 Å². The van der Waals surface area contributed by atoms with Crippen LogP contribution in [0, 0.1) is 25.2 Å². The number of amides is 1. The van der Waals surface area contributed by atoms with Crippen LogP contribution in [0.5, 0.6) is 0 Å². The molecule has 0 saturated heterocycles. The van der Waals surface area contributed by atoms with Crippen molar-refractivity contribution in [3.63, 3.8) is 0 Å². The topological polar surface area (TPSA) is 88.0 Å². The maximum Gasteiger partial charge on any atom is 0.269 e. The number of hydrogen-bond acceptors (Lipinski definition) is 4. The number of pyridine rings is 1. The first-order chi connectivity index (χ1) is 10.0. The molecule has 108 valence electrons. The van der Waals surface area contributed by atoms with Gasteiger partial charge in [0.05, 0.1) is 12.8 Å². The molecular formula is C15H15N3O3. The second kappa shape index (κ2) is 6.09. The molecule has 0 bridgehead atoms. The molecule has 6 heteroatoms. The van der Waals surface area contributed by atoms with Gasteiger partial charge in [-0.05, 0) is 37.6 Å². The van der Waals surface area contributed by atoms with Gasteiger partial charge in [0.1, 0.15) is 23.9 Å². The molecule has 0 aliphatic heterocycles. The lowest BCUT2D eigenvalue weighted by Crippen LogP contribution is -2.34. The normalized spacial score (nSPS) is 10.1. The van der Waals surface area contributed by atoms with E-state index in [0.29, 0.717) is 17.0 Å². The molecule has 2 heterocycles. The molecule has 0 unspecified atom stereocenters. The maximum atomic E-state index is 12.2. The van der Waals surface area contributed by atoms with Gasteiger partial charge in [-0.2, -0.15) is 5.26 Å². The minimum atomic E-state index is -0.442. The summed E-state index contributed by atoms with van der Waals surface area (Å²) in [6, 6.07) is 7.08. The third-order valence-corrected chi connectivity index (χ3v) is 3.16. The van der Waals surface area contributed by atoms with Crippen LogP contribution in [0.3, 0.4) is 0 Å². The van der Waals surface area contributed by atoms with Crippen molar-refractivity contribution in [2.45, 2.75) is 26.9 Å². The summed E-state index contributed by atoms with van der Waals surface area (Å²) in [7, 11) is 0. The lowest BCUT2D eigenvalue weighted by atomic mass is 10.1. The fourth-order valence-electron chi connectivity index (χ4n) is 2.06. The molecule has 21 heavy (non-hydrogen) atoms. The van der Waals surface area contributed by atoms with Gasteiger partial charge in [-0.1, -0.05) is 0 Å². The number of nitrogens with zero attached hydrogens (tertiary/aromatic N) is 2. The highest BCUT2D eigenvalue weighted by atomic mass is 16.3. The molecule has 6 nitrogen and oxygen atoms in total. The van der Waals surface area contributed by atoms with Crippen LogP contribution < -0.4 is 10.9 Å². The van der Waals surface area contributed by atoms with E-state index in [4.69, 9.17) is 9.68 Å². The zero-order valence-corrected chi connectivity index (χ0v) is 11.8. The van der Waals surface area contributed by atoms with Crippen molar-refractivity contribution < 1.29 is 9.21 Å². The summed E-state index contributed by atoms with van der Waals surface area (Å²) in [5.41, 5.74) is 0.888. The molecule has 0 fully saturated rings. The summed E-state index contributed by atoms with van der Waals surface area (Å²) in [6.07, 6.45) is 1.52. The molecule has 0 atom stereocenters. The van der Waals surface area contributed by atoms with Gasteiger partial charge < -0.3 is 14.3 Å². The molecule has 2 aromatic heterocycles. The Morgan fingerprint density at radius 1 is 1.48 bits per heavy atom. The Hall–Kier alpha value is -2.81. The molecule has 1 amide bonds. The molecule has 0 aliphatic carbocycles. The number of rotatable bonds is 4. The zero-order valence-electron chi connectivity index (χ0n) is 11.8. The largest absolute Gasteiger partial charge is 0.467 e. The first kappa shape index (κ1) is 14.6. The Kier molecular flexibility index (Phi) is 4.24. The van der Waals surface area contributed by atoms with E-state index in [1.807, 2.05) is 6.07 Å². The van der Waals surface area contributed by atoms with Crippen molar-refractivity contribution in [1.29, 1.82) is 5.26 Å². The quantitative estimate of drug-likeness (QED) is 0.915. The lowest BCUT2D eigenvalue weighted by molar-refractivity contribution is -0.122. The summed E-state index contributed by atoms with van der Waals surface area (Å²) in [5.74, 6) is 0.318. The highest BCUT2D eigenvalue weighted by Crippen LogP contribution is 2.05. The number of nitriles is 1. The highest BCUT2D eigenvalue weighted by Gasteiger charge is 2.12. The van der Waals surface area contributed by atoms with Crippen molar-refractivity contribution in [3.8, 4) is 6.07 Å². The fourth-order valence-corrected chi connectivity index (χ4v) is 2.06.